The van der Waals surface area contributed by atoms with Crippen LogP contribution in [0.3, 0.4) is 0 Å². The van der Waals surface area contributed by atoms with Crippen LogP contribution in [0.2, 0.25) is 0 Å². The lowest BCUT2D eigenvalue weighted by atomic mass is 9.87. The molecule has 0 saturated carbocycles. The molecule has 0 heterocycles. The Balaban J connectivity index is 0.000000497. The summed E-state index contributed by atoms with van der Waals surface area (Å²) < 4.78 is 0. The van der Waals surface area contributed by atoms with Gasteiger partial charge in [0.15, 0.2) is 0 Å². The second-order valence-electron chi connectivity index (χ2n) is 10.4. The van der Waals surface area contributed by atoms with Crippen LogP contribution in [0.25, 0.3) is 0 Å². The minimum Gasteiger partial charge on any atom is -0.478 e. The molecule has 0 spiro atoms. The maximum atomic E-state index is 10.6. The molecule has 0 aromatic heterocycles. The molecule has 190 valence electrons. The highest BCUT2D eigenvalue weighted by Gasteiger charge is 2.14. The van der Waals surface area contributed by atoms with Gasteiger partial charge in [0.1, 0.15) is 0 Å². The maximum absolute atomic E-state index is 10.6. The molecule has 0 aliphatic rings. The van der Waals surface area contributed by atoms with Crippen molar-refractivity contribution in [3.63, 3.8) is 0 Å². The minimum absolute atomic E-state index is 0.0278. The van der Waals surface area contributed by atoms with Crippen molar-refractivity contribution in [3.05, 3.63) is 70.8 Å². The predicted octanol–water partition coefficient (Wildman–Crippen LogP) is 5.75. The molecule has 2 rings (SSSR count). The van der Waals surface area contributed by atoms with Gasteiger partial charge in [-0.1, -0.05) is 79.7 Å². The van der Waals surface area contributed by atoms with Gasteiger partial charge in [-0.3, -0.25) is 0 Å². The Labute approximate surface area is 204 Å². The number of aliphatic hydroxyl groups is 2. The van der Waals surface area contributed by atoms with Gasteiger partial charge in [0.2, 0.25) is 0 Å². The summed E-state index contributed by atoms with van der Waals surface area (Å²) in [5, 5.41) is 34.8. The van der Waals surface area contributed by atoms with Gasteiger partial charge in [0.05, 0.1) is 17.2 Å². The van der Waals surface area contributed by atoms with Crippen molar-refractivity contribution < 1.29 is 30.0 Å². The zero-order chi connectivity index (χ0) is 26.7. The minimum atomic E-state index is -0.875. The number of aromatic carboxylic acids is 2. The molecule has 0 aliphatic carbocycles. The predicted molar refractivity (Wildman–Crippen MR) is 137 cm³/mol. The number of carboxylic acids is 2. The molecule has 0 bridgehead atoms. The molecule has 2 aromatic rings. The average Bonchev–Trinajstić information content (AvgIpc) is 2.77. The third-order valence-corrected chi connectivity index (χ3v) is 5.36. The van der Waals surface area contributed by atoms with Crippen LogP contribution in [-0.4, -0.2) is 45.1 Å². The fraction of sp³-hybridized carbons (Fsp3) is 0.500. The lowest BCUT2D eigenvalue weighted by molar-refractivity contribution is 0.0686. The number of rotatable bonds is 5. The SMILES string of the molecule is CC(C)(C)c1ccc(C(=O)O)cc1.CC(C)(C)c1ccc(C(=O)O)cc1.CCC(O)C(C)CO. The monoisotopic (exact) mass is 474 g/mol. The van der Waals surface area contributed by atoms with Crippen LogP contribution in [0.4, 0.5) is 0 Å². The molecule has 4 N–H and O–H groups in total. The second-order valence-corrected chi connectivity index (χ2v) is 10.4. The van der Waals surface area contributed by atoms with Gasteiger partial charge >= 0.3 is 11.9 Å². The van der Waals surface area contributed by atoms with Crippen molar-refractivity contribution in [2.75, 3.05) is 6.61 Å². The van der Waals surface area contributed by atoms with E-state index in [1.54, 1.807) is 24.3 Å². The highest BCUT2D eigenvalue weighted by atomic mass is 16.4. The highest BCUT2D eigenvalue weighted by Crippen LogP contribution is 2.22. The first-order valence-corrected chi connectivity index (χ1v) is 11.5. The van der Waals surface area contributed by atoms with E-state index in [1.807, 2.05) is 38.1 Å². The number of aliphatic hydroxyl groups excluding tert-OH is 2. The van der Waals surface area contributed by atoms with Gasteiger partial charge in [-0.15, -0.1) is 0 Å². The molecule has 0 radical (unpaired) electrons. The summed E-state index contributed by atoms with van der Waals surface area (Å²) in [6.45, 7) is 16.4. The fourth-order valence-electron chi connectivity index (χ4n) is 2.75. The van der Waals surface area contributed by atoms with Crippen LogP contribution >= 0.6 is 0 Å². The van der Waals surface area contributed by atoms with Crippen molar-refractivity contribution in [1.29, 1.82) is 0 Å². The molecular formula is C28H42O6. The summed E-state index contributed by atoms with van der Waals surface area (Å²) in [5.74, 6) is -1.72. The zero-order valence-electron chi connectivity index (χ0n) is 21.8. The summed E-state index contributed by atoms with van der Waals surface area (Å²) in [4.78, 5) is 21.1. The summed E-state index contributed by atoms with van der Waals surface area (Å²) in [6.07, 6.45) is 0.391. The van der Waals surface area contributed by atoms with Crippen molar-refractivity contribution in [2.45, 2.75) is 78.7 Å². The van der Waals surface area contributed by atoms with Crippen LogP contribution in [-0.2, 0) is 10.8 Å². The zero-order valence-corrected chi connectivity index (χ0v) is 21.8. The van der Waals surface area contributed by atoms with E-state index in [2.05, 4.69) is 41.5 Å². The quantitative estimate of drug-likeness (QED) is 0.439. The Hall–Kier alpha value is -2.70. The lowest BCUT2D eigenvalue weighted by Gasteiger charge is -2.18. The Kier molecular flexibility index (Phi) is 12.8. The topological polar surface area (TPSA) is 115 Å². The second kappa shape index (κ2) is 13.9. The summed E-state index contributed by atoms with van der Waals surface area (Å²) >= 11 is 0. The Morgan fingerprint density at radius 2 is 1.03 bits per heavy atom. The Bertz CT molecular complexity index is 796. The van der Waals surface area contributed by atoms with E-state index in [0.29, 0.717) is 11.1 Å². The van der Waals surface area contributed by atoms with Crippen molar-refractivity contribution in [1.82, 2.24) is 0 Å². The molecule has 0 amide bonds. The molecule has 6 heteroatoms. The third kappa shape index (κ3) is 11.4. The van der Waals surface area contributed by atoms with Gasteiger partial charge in [-0.05, 0) is 52.6 Å². The van der Waals surface area contributed by atoms with Gasteiger partial charge < -0.3 is 20.4 Å². The first-order valence-electron chi connectivity index (χ1n) is 11.5. The van der Waals surface area contributed by atoms with E-state index in [-0.39, 0.29) is 29.5 Å². The molecule has 0 saturated heterocycles. The summed E-state index contributed by atoms with van der Waals surface area (Å²) in [7, 11) is 0. The number of benzene rings is 2. The molecule has 0 aliphatic heterocycles. The van der Waals surface area contributed by atoms with E-state index >= 15 is 0 Å². The third-order valence-electron chi connectivity index (χ3n) is 5.36. The smallest absolute Gasteiger partial charge is 0.335 e. The molecule has 34 heavy (non-hydrogen) atoms. The van der Waals surface area contributed by atoms with Crippen molar-refractivity contribution in [2.24, 2.45) is 5.92 Å². The van der Waals surface area contributed by atoms with Gasteiger partial charge in [-0.2, -0.15) is 0 Å². The Morgan fingerprint density at radius 3 is 1.18 bits per heavy atom. The molecule has 2 atom stereocenters. The molecular weight excluding hydrogens is 432 g/mol. The van der Waals surface area contributed by atoms with E-state index in [0.717, 1.165) is 17.5 Å². The Morgan fingerprint density at radius 1 is 0.735 bits per heavy atom. The van der Waals surface area contributed by atoms with Crippen LogP contribution in [0.15, 0.2) is 48.5 Å². The first kappa shape index (κ1) is 31.3. The fourth-order valence-corrected chi connectivity index (χ4v) is 2.75. The molecule has 6 nitrogen and oxygen atoms in total. The van der Waals surface area contributed by atoms with E-state index in [1.165, 1.54) is 0 Å². The van der Waals surface area contributed by atoms with E-state index in [4.69, 9.17) is 20.4 Å². The van der Waals surface area contributed by atoms with Crippen LogP contribution < -0.4 is 0 Å². The molecule has 2 unspecified atom stereocenters. The van der Waals surface area contributed by atoms with Crippen molar-refractivity contribution >= 4 is 11.9 Å². The number of carboxylic acid groups (broad SMARTS) is 2. The van der Waals surface area contributed by atoms with E-state index in [9.17, 15) is 9.59 Å². The number of hydrogen-bond donors (Lipinski definition) is 4. The van der Waals surface area contributed by atoms with Gasteiger partial charge in [0, 0.05) is 12.5 Å². The van der Waals surface area contributed by atoms with Crippen LogP contribution in [0, 0.1) is 5.92 Å². The molecule has 0 fully saturated rings. The van der Waals surface area contributed by atoms with Gasteiger partial charge in [-0.25, -0.2) is 9.59 Å². The highest BCUT2D eigenvalue weighted by molar-refractivity contribution is 5.88. The lowest BCUT2D eigenvalue weighted by Crippen LogP contribution is -2.19. The summed E-state index contributed by atoms with van der Waals surface area (Å²) in [6, 6.07) is 14.0. The van der Waals surface area contributed by atoms with Crippen molar-refractivity contribution in [3.8, 4) is 0 Å². The van der Waals surface area contributed by atoms with Crippen LogP contribution in [0.1, 0.15) is 93.7 Å². The van der Waals surface area contributed by atoms with Crippen LogP contribution in [0.5, 0.6) is 0 Å². The first-order chi connectivity index (χ1) is 15.5. The standard InChI is InChI=1S/2C11H14O2.C6H14O2/c2*1-11(2,3)9-6-4-8(5-7-9)10(12)13;1-3-6(8)5(2)4-7/h2*4-7H,1-3H3,(H,12,13);5-8H,3-4H2,1-2H3. The number of hydrogen-bond acceptors (Lipinski definition) is 4. The summed E-state index contributed by atoms with van der Waals surface area (Å²) in [5.41, 5.74) is 3.14. The normalized spacial score (nSPS) is 12.9. The molecule has 2 aromatic carbocycles. The maximum Gasteiger partial charge on any atom is 0.335 e. The average molecular weight is 475 g/mol. The number of carbonyl (C=O) groups is 2. The van der Waals surface area contributed by atoms with E-state index < -0.39 is 11.9 Å². The van der Waals surface area contributed by atoms with Gasteiger partial charge in [0.25, 0.3) is 0 Å². The largest absolute Gasteiger partial charge is 0.478 e.